The predicted octanol–water partition coefficient (Wildman–Crippen LogP) is 4.18. The Kier molecular flexibility index (Phi) is 5.87. The Morgan fingerprint density at radius 3 is 2.15 bits per heavy atom. The molecule has 0 aliphatic rings. The Morgan fingerprint density at radius 1 is 0.962 bits per heavy atom. The lowest BCUT2D eigenvalue weighted by Gasteiger charge is -2.26. The molecule has 1 aromatic heterocycles. The Hall–Kier alpha value is -2.85. The van der Waals surface area contributed by atoms with Crippen molar-refractivity contribution in [2.75, 3.05) is 13.6 Å². The van der Waals surface area contributed by atoms with Crippen LogP contribution in [0.15, 0.2) is 83.5 Å². The van der Waals surface area contributed by atoms with Crippen molar-refractivity contribution < 1.29 is 9.21 Å². The van der Waals surface area contributed by atoms with E-state index < -0.39 is 0 Å². The molecule has 1 N–H and O–H groups in total. The Morgan fingerprint density at radius 2 is 1.58 bits per heavy atom. The summed E-state index contributed by atoms with van der Waals surface area (Å²) < 4.78 is 5.57. The quantitative estimate of drug-likeness (QED) is 0.697. The number of benzene rings is 2. The molecule has 3 aromatic rings. The summed E-state index contributed by atoms with van der Waals surface area (Å²) in [4.78, 5) is 14.5. The Balaban J connectivity index is 1.68. The van der Waals surface area contributed by atoms with E-state index in [0.29, 0.717) is 0 Å². The lowest BCUT2D eigenvalue weighted by Crippen LogP contribution is -2.38. The third-order valence-electron chi connectivity index (χ3n) is 4.67. The van der Waals surface area contributed by atoms with Gasteiger partial charge in [-0.3, -0.25) is 10.1 Å². The van der Waals surface area contributed by atoms with Gasteiger partial charge in [0.1, 0.15) is 5.76 Å². The van der Waals surface area contributed by atoms with Crippen LogP contribution >= 0.6 is 0 Å². The molecule has 1 amide bonds. The first kappa shape index (κ1) is 18.0. The fraction of sp³-hybridized carbons (Fsp3) is 0.227. The van der Waals surface area contributed by atoms with Crippen LogP contribution in [0.2, 0.25) is 0 Å². The molecule has 0 unspecified atom stereocenters. The van der Waals surface area contributed by atoms with Gasteiger partial charge in [-0.15, -0.1) is 0 Å². The lowest BCUT2D eigenvalue weighted by atomic mass is 10.0. The number of rotatable bonds is 7. The molecule has 4 heteroatoms. The fourth-order valence-electron chi connectivity index (χ4n) is 2.97. The molecule has 1 heterocycles. The minimum absolute atomic E-state index is 0.0179. The van der Waals surface area contributed by atoms with Gasteiger partial charge in [-0.2, -0.15) is 0 Å². The zero-order valence-corrected chi connectivity index (χ0v) is 15.1. The molecule has 134 valence electrons. The maximum atomic E-state index is 12.7. The van der Waals surface area contributed by atoms with E-state index in [1.165, 1.54) is 0 Å². The normalized spacial score (nSPS) is 13.2. The number of hydrogen-bond donors (Lipinski definition) is 1. The first-order valence-corrected chi connectivity index (χ1v) is 8.79. The summed E-state index contributed by atoms with van der Waals surface area (Å²) in [6, 6.07) is 23.7. The number of furan rings is 1. The van der Waals surface area contributed by atoms with Gasteiger partial charge in [-0.25, -0.2) is 0 Å². The molecule has 0 spiro atoms. The molecule has 3 rings (SSSR count). The molecule has 4 nitrogen and oxygen atoms in total. The first-order valence-electron chi connectivity index (χ1n) is 8.79. The van der Waals surface area contributed by atoms with Crippen molar-refractivity contribution in [3.05, 3.63) is 95.9 Å². The van der Waals surface area contributed by atoms with Gasteiger partial charge in [-0.1, -0.05) is 60.7 Å². The fourth-order valence-corrected chi connectivity index (χ4v) is 2.97. The molecular weight excluding hydrogens is 324 g/mol. The highest BCUT2D eigenvalue weighted by atomic mass is 16.3. The van der Waals surface area contributed by atoms with Crippen LogP contribution in [-0.4, -0.2) is 24.4 Å². The second kappa shape index (κ2) is 8.50. The number of likely N-dealkylation sites (N-methyl/N-ethyl adjacent to an activating group) is 1. The van der Waals surface area contributed by atoms with Crippen molar-refractivity contribution in [1.29, 1.82) is 0 Å². The lowest BCUT2D eigenvalue weighted by molar-refractivity contribution is -0.130. The standard InChI is InChI=1S/C22H24N2O2/c1-17(18-10-5-3-6-11-18)24(2)21(25)16-23-22(20-14-9-15-26-20)19-12-7-4-8-13-19/h3-15,17,22-23H,16H2,1-2H3/t17-,22-/m0/s1. The Labute approximate surface area is 154 Å². The monoisotopic (exact) mass is 348 g/mol. The van der Waals surface area contributed by atoms with Crippen LogP contribution in [0.3, 0.4) is 0 Å². The smallest absolute Gasteiger partial charge is 0.236 e. The molecular formula is C22H24N2O2. The largest absolute Gasteiger partial charge is 0.467 e. The highest BCUT2D eigenvalue weighted by molar-refractivity contribution is 5.78. The minimum atomic E-state index is -0.157. The van der Waals surface area contributed by atoms with E-state index in [1.807, 2.05) is 86.8 Å². The molecule has 0 radical (unpaired) electrons. The molecule has 0 aliphatic heterocycles. The maximum Gasteiger partial charge on any atom is 0.236 e. The third-order valence-corrected chi connectivity index (χ3v) is 4.67. The van der Waals surface area contributed by atoms with Crippen molar-refractivity contribution in [3.63, 3.8) is 0 Å². The number of amides is 1. The first-order chi connectivity index (χ1) is 12.7. The van der Waals surface area contributed by atoms with Gasteiger partial charge in [0.15, 0.2) is 0 Å². The average Bonchev–Trinajstić information content (AvgIpc) is 3.23. The van der Waals surface area contributed by atoms with Crippen molar-refractivity contribution in [1.82, 2.24) is 10.2 Å². The van der Waals surface area contributed by atoms with Crippen molar-refractivity contribution in [3.8, 4) is 0 Å². The SMILES string of the molecule is C[C@@H](c1ccccc1)N(C)C(=O)CN[C@@H](c1ccccc1)c1ccco1. The third kappa shape index (κ3) is 4.21. The van der Waals surface area contributed by atoms with E-state index in [0.717, 1.165) is 16.9 Å². The van der Waals surface area contributed by atoms with Gasteiger partial charge < -0.3 is 9.32 Å². The van der Waals surface area contributed by atoms with Gasteiger partial charge in [0.2, 0.25) is 5.91 Å². The van der Waals surface area contributed by atoms with Gasteiger partial charge in [0.05, 0.1) is 24.9 Å². The average molecular weight is 348 g/mol. The van der Waals surface area contributed by atoms with Crippen molar-refractivity contribution in [2.24, 2.45) is 0 Å². The number of nitrogens with one attached hydrogen (secondary N) is 1. The van der Waals surface area contributed by atoms with Crippen molar-refractivity contribution in [2.45, 2.75) is 19.0 Å². The van der Waals surface area contributed by atoms with Crippen LogP contribution in [0.4, 0.5) is 0 Å². The van der Waals surface area contributed by atoms with Gasteiger partial charge in [0, 0.05) is 7.05 Å². The minimum Gasteiger partial charge on any atom is -0.467 e. The maximum absolute atomic E-state index is 12.7. The molecule has 0 saturated carbocycles. The Bertz CT molecular complexity index is 801. The summed E-state index contributed by atoms with van der Waals surface area (Å²) in [5.41, 5.74) is 2.18. The van der Waals surface area contributed by atoms with Crippen LogP contribution in [0.1, 0.15) is 35.9 Å². The second-order valence-electron chi connectivity index (χ2n) is 6.33. The van der Waals surface area contributed by atoms with Crippen LogP contribution < -0.4 is 5.32 Å². The van der Waals surface area contributed by atoms with E-state index in [-0.39, 0.29) is 24.5 Å². The van der Waals surface area contributed by atoms with Gasteiger partial charge in [0.25, 0.3) is 0 Å². The molecule has 2 aromatic carbocycles. The summed E-state index contributed by atoms with van der Waals surface area (Å²) in [5.74, 6) is 0.830. The summed E-state index contributed by atoms with van der Waals surface area (Å²) in [6.07, 6.45) is 1.65. The molecule has 2 atom stereocenters. The number of carbonyl (C=O) groups is 1. The summed E-state index contributed by atoms with van der Waals surface area (Å²) in [5, 5.41) is 3.34. The zero-order chi connectivity index (χ0) is 18.4. The van der Waals surface area contributed by atoms with Crippen LogP contribution in [0.5, 0.6) is 0 Å². The second-order valence-corrected chi connectivity index (χ2v) is 6.33. The van der Waals surface area contributed by atoms with E-state index >= 15 is 0 Å². The molecule has 0 aliphatic carbocycles. The van der Waals surface area contributed by atoms with Crippen molar-refractivity contribution >= 4 is 5.91 Å². The molecule has 0 fully saturated rings. The van der Waals surface area contributed by atoms with Crippen LogP contribution in [-0.2, 0) is 4.79 Å². The summed E-state index contributed by atoms with van der Waals surface area (Å²) in [6.45, 7) is 2.27. The number of carbonyl (C=O) groups excluding carboxylic acids is 1. The zero-order valence-electron chi connectivity index (χ0n) is 15.1. The number of nitrogens with zero attached hydrogens (tertiary/aromatic N) is 1. The molecule has 0 saturated heterocycles. The number of hydrogen-bond acceptors (Lipinski definition) is 3. The van der Waals surface area contributed by atoms with Gasteiger partial charge >= 0.3 is 0 Å². The highest BCUT2D eigenvalue weighted by Crippen LogP contribution is 2.23. The van der Waals surface area contributed by atoms with Crippen LogP contribution in [0, 0.1) is 0 Å². The van der Waals surface area contributed by atoms with Gasteiger partial charge in [-0.05, 0) is 30.2 Å². The van der Waals surface area contributed by atoms with E-state index in [1.54, 1.807) is 11.2 Å². The van der Waals surface area contributed by atoms with E-state index in [2.05, 4.69) is 5.32 Å². The van der Waals surface area contributed by atoms with E-state index in [9.17, 15) is 4.79 Å². The predicted molar refractivity (Wildman–Crippen MR) is 103 cm³/mol. The van der Waals surface area contributed by atoms with E-state index in [4.69, 9.17) is 4.42 Å². The summed E-state index contributed by atoms with van der Waals surface area (Å²) in [7, 11) is 1.84. The summed E-state index contributed by atoms with van der Waals surface area (Å²) >= 11 is 0. The highest BCUT2D eigenvalue weighted by Gasteiger charge is 2.21. The molecule has 26 heavy (non-hydrogen) atoms. The molecule has 0 bridgehead atoms. The van der Waals surface area contributed by atoms with Crippen LogP contribution in [0.25, 0.3) is 0 Å². The topological polar surface area (TPSA) is 45.5 Å².